The molecule has 10 heteroatoms. The Kier molecular flexibility index (Phi) is 4.67. The summed E-state index contributed by atoms with van der Waals surface area (Å²) in [6.07, 6.45) is 0. The van der Waals surface area contributed by atoms with E-state index in [4.69, 9.17) is 0 Å². The van der Waals surface area contributed by atoms with Crippen LogP contribution in [0.2, 0.25) is 0 Å². The van der Waals surface area contributed by atoms with Crippen LogP contribution in [0.25, 0.3) is 10.9 Å². The average Bonchev–Trinajstić information content (AvgIpc) is 2.46. The predicted molar refractivity (Wildman–Crippen MR) is 85.4 cm³/mol. The molecule has 2 N–H and O–H groups in total. The number of amides is 2. The molecule has 0 spiro atoms. The van der Waals surface area contributed by atoms with Crippen LogP contribution in [-0.4, -0.2) is 26.3 Å². The summed E-state index contributed by atoms with van der Waals surface area (Å²) in [5.41, 5.74) is 1.59. The van der Waals surface area contributed by atoms with E-state index in [0.717, 1.165) is 4.68 Å². The molecule has 2 rings (SSSR count). The fraction of sp³-hybridized carbons (Fsp3) is 0.357. The molecule has 0 aliphatic heterocycles. The van der Waals surface area contributed by atoms with Crippen LogP contribution in [0.3, 0.4) is 0 Å². The lowest BCUT2D eigenvalue weighted by molar-refractivity contribution is -0.763. The fourth-order valence-corrected chi connectivity index (χ4v) is 1.97. The number of aromatic nitrogens is 2. The molecule has 0 fully saturated rings. The number of urea groups is 1. The third-order valence-electron chi connectivity index (χ3n) is 2.85. The lowest BCUT2D eigenvalue weighted by atomic mass is 10.1. The first-order valence-electron chi connectivity index (χ1n) is 7.04. The second kappa shape index (κ2) is 6.52. The molecule has 128 valence electrons. The number of para-hydroxylation sites is 1. The zero-order chi connectivity index (χ0) is 17.9. The van der Waals surface area contributed by atoms with Crippen LogP contribution in [0.1, 0.15) is 26.6 Å². The van der Waals surface area contributed by atoms with Crippen molar-refractivity contribution < 1.29 is 14.7 Å². The summed E-state index contributed by atoms with van der Waals surface area (Å²) < 4.78 is 0.840. The first-order valence-corrected chi connectivity index (χ1v) is 7.04. The van der Waals surface area contributed by atoms with Gasteiger partial charge in [0.25, 0.3) is 10.6 Å². The number of hydrogen-bond donors (Lipinski definition) is 2. The quantitative estimate of drug-likeness (QED) is 0.637. The zero-order valence-electron chi connectivity index (χ0n) is 13.4. The van der Waals surface area contributed by atoms with Crippen LogP contribution in [0.15, 0.2) is 29.1 Å². The molecule has 2 aromatic rings. The highest BCUT2D eigenvalue weighted by Crippen LogP contribution is 2.08. The summed E-state index contributed by atoms with van der Waals surface area (Å²) in [6, 6.07) is 5.81. The van der Waals surface area contributed by atoms with Crippen LogP contribution in [0.5, 0.6) is 0 Å². The molecule has 1 aromatic carbocycles. The molecule has 0 aliphatic carbocycles. The lowest BCUT2D eigenvalue weighted by Crippen LogP contribution is -2.48. The van der Waals surface area contributed by atoms with Crippen molar-refractivity contribution in [1.82, 2.24) is 15.0 Å². The molecule has 0 aliphatic rings. The average molecular weight is 335 g/mol. The SMILES string of the molecule is CC(C)(C)NC(=O)Nn1c(CO[N+](=O)[O-])nc2ccccc2c1=O. The Labute approximate surface area is 136 Å². The highest BCUT2D eigenvalue weighted by Gasteiger charge is 2.17. The normalized spacial score (nSPS) is 11.1. The van der Waals surface area contributed by atoms with Crippen molar-refractivity contribution in [3.8, 4) is 0 Å². The summed E-state index contributed by atoms with van der Waals surface area (Å²) in [4.78, 5) is 43.4. The topological polar surface area (TPSA) is 128 Å². The number of nitrogens with zero attached hydrogens (tertiary/aromatic N) is 3. The Balaban J connectivity index is 2.46. The molecule has 0 radical (unpaired) electrons. The van der Waals surface area contributed by atoms with Crippen molar-refractivity contribution in [2.24, 2.45) is 0 Å². The summed E-state index contributed by atoms with van der Waals surface area (Å²) in [5.74, 6) is -0.0977. The van der Waals surface area contributed by atoms with E-state index in [1.807, 2.05) is 0 Å². The van der Waals surface area contributed by atoms with Gasteiger partial charge in [-0.05, 0) is 32.9 Å². The van der Waals surface area contributed by atoms with Gasteiger partial charge in [-0.2, -0.15) is 4.68 Å². The first kappa shape index (κ1) is 17.2. The molecule has 0 bridgehead atoms. The van der Waals surface area contributed by atoms with Gasteiger partial charge in [0, 0.05) is 5.54 Å². The van der Waals surface area contributed by atoms with Crippen molar-refractivity contribution in [1.29, 1.82) is 0 Å². The Morgan fingerprint density at radius 3 is 2.67 bits per heavy atom. The van der Waals surface area contributed by atoms with Crippen molar-refractivity contribution in [3.05, 3.63) is 50.6 Å². The van der Waals surface area contributed by atoms with Gasteiger partial charge in [-0.15, -0.1) is 10.1 Å². The zero-order valence-corrected chi connectivity index (χ0v) is 13.4. The lowest BCUT2D eigenvalue weighted by Gasteiger charge is -2.22. The minimum absolute atomic E-state index is 0.0977. The smallest absolute Gasteiger partial charge is 0.332 e. The Hall–Kier alpha value is -3.17. The van der Waals surface area contributed by atoms with Crippen LogP contribution in [0.4, 0.5) is 4.79 Å². The fourth-order valence-electron chi connectivity index (χ4n) is 1.97. The van der Waals surface area contributed by atoms with Gasteiger partial charge in [-0.25, -0.2) is 15.2 Å². The van der Waals surface area contributed by atoms with E-state index in [1.54, 1.807) is 45.0 Å². The van der Waals surface area contributed by atoms with Gasteiger partial charge >= 0.3 is 6.03 Å². The minimum atomic E-state index is -0.999. The maximum Gasteiger partial charge on any atom is 0.334 e. The highest BCUT2D eigenvalue weighted by molar-refractivity contribution is 5.83. The van der Waals surface area contributed by atoms with E-state index < -0.39 is 28.8 Å². The summed E-state index contributed by atoms with van der Waals surface area (Å²) in [6.45, 7) is 4.73. The van der Waals surface area contributed by atoms with Crippen molar-refractivity contribution in [3.63, 3.8) is 0 Å². The monoisotopic (exact) mass is 335 g/mol. The van der Waals surface area contributed by atoms with Gasteiger partial charge < -0.3 is 10.2 Å². The molecule has 10 nitrogen and oxygen atoms in total. The van der Waals surface area contributed by atoms with Gasteiger partial charge in [-0.3, -0.25) is 4.79 Å². The number of carbonyl (C=O) groups is 1. The van der Waals surface area contributed by atoms with E-state index in [0.29, 0.717) is 5.52 Å². The number of rotatable bonds is 4. The molecular formula is C14H17N5O5. The molecule has 0 atom stereocenters. The maximum absolute atomic E-state index is 12.6. The summed E-state index contributed by atoms with van der Waals surface area (Å²) in [7, 11) is 0. The largest absolute Gasteiger partial charge is 0.334 e. The standard InChI is InChI=1S/C14H17N5O5/c1-14(2,3)16-13(21)17-18-11(8-24-19(22)23)15-10-7-5-4-6-9(10)12(18)20/h4-7H,8H2,1-3H3,(H2,16,17,21). The van der Waals surface area contributed by atoms with Gasteiger partial charge in [-0.1, -0.05) is 12.1 Å². The van der Waals surface area contributed by atoms with Gasteiger partial charge in [0.2, 0.25) is 0 Å². The van der Waals surface area contributed by atoms with E-state index in [-0.39, 0.29) is 11.2 Å². The van der Waals surface area contributed by atoms with Crippen molar-refractivity contribution in [2.45, 2.75) is 32.9 Å². The molecule has 1 heterocycles. The Morgan fingerprint density at radius 1 is 1.38 bits per heavy atom. The molecule has 24 heavy (non-hydrogen) atoms. The minimum Gasteiger partial charge on any atom is -0.332 e. The van der Waals surface area contributed by atoms with Crippen LogP contribution in [-0.2, 0) is 11.4 Å². The molecular weight excluding hydrogens is 318 g/mol. The van der Waals surface area contributed by atoms with Crippen molar-refractivity contribution >= 4 is 16.9 Å². The third kappa shape index (κ3) is 4.18. The third-order valence-corrected chi connectivity index (χ3v) is 2.85. The maximum atomic E-state index is 12.6. The van der Waals surface area contributed by atoms with E-state index in [2.05, 4.69) is 20.6 Å². The predicted octanol–water partition coefficient (Wildman–Crippen LogP) is 1.16. The van der Waals surface area contributed by atoms with Crippen molar-refractivity contribution in [2.75, 3.05) is 5.43 Å². The first-order chi connectivity index (χ1) is 11.2. The van der Waals surface area contributed by atoms with Gasteiger partial charge in [0.05, 0.1) is 10.9 Å². The van der Waals surface area contributed by atoms with Crippen LogP contribution >= 0.6 is 0 Å². The number of benzene rings is 1. The highest BCUT2D eigenvalue weighted by atomic mass is 16.9. The number of fused-ring (bicyclic) bond motifs is 1. The van der Waals surface area contributed by atoms with E-state index >= 15 is 0 Å². The number of nitrogens with one attached hydrogen (secondary N) is 2. The second-order valence-electron chi connectivity index (χ2n) is 6.00. The molecule has 1 aromatic heterocycles. The molecule has 0 saturated carbocycles. The second-order valence-corrected chi connectivity index (χ2v) is 6.00. The number of hydrogen-bond acceptors (Lipinski definition) is 6. The Morgan fingerprint density at radius 2 is 2.04 bits per heavy atom. The number of carbonyl (C=O) groups excluding carboxylic acids is 1. The van der Waals surface area contributed by atoms with E-state index in [1.165, 1.54) is 0 Å². The van der Waals surface area contributed by atoms with Crippen LogP contribution < -0.4 is 16.3 Å². The van der Waals surface area contributed by atoms with E-state index in [9.17, 15) is 19.7 Å². The summed E-state index contributed by atoms with van der Waals surface area (Å²) in [5, 5.41) is 12.3. The summed E-state index contributed by atoms with van der Waals surface area (Å²) >= 11 is 0. The van der Waals surface area contributed by atoms with Crippen LogP contribution in [0, 0.1) is 10.1 Å². The van der Waals surface area contributed by atoms with Gasteiger partial charge in [0.1, 0.15) is 0 Å². The molecule has 0 saturated heterocycles. The molecule has 2 amide bonds. The Bertz CT molecular complexity index is 840. The van der Waals surface area contributed by atoms with Gasteiger partial charge in [0.15, 0.2) is 12.4 Å². The molecule has 0 unspecified atom stereocenters.